The van der Waals surface area contributed by atoms with Gasteiger partial charge in [0, 0.05) is 10.0 Å². The fraction of sp³-hybridized carbons (Fsp3) is 0.143. The van der Waals surface area contributed by atoms with Crippen LogP contribution >= 0.6 is 15.9 Å². The lowest BCUT2D eigenvalue weighted by Gasteiger charge is -2.29. The molecule has 0 spiro atoms. The van der Waals surface area contributed by atoms with E-state index in [1.807, 2.05) is 36.4 Å². The van der Waals surface area contributed by atoms with Gasteiger partial charge in [-0.05, 0) is 52.6 Å². The summed E-state index contributed by atoms with van der Waals surface area (Å²) in [6.45, 7) is 0. The summed E-state index contributed by atoms with van der Waals surface area (Å²) in [5.74, 6) is 1.43. The van der Waals surface area contributed by atoms with Gasteiger partial charge in [0.1, 0.15) is 6.10 Å². The van der Waals surface area contributed by atoms with Gasteiger partial charge in [0.25, 0.3) is 0 Å². The SMILES string of the molecule is COc1cc2c(cc1OC)C1=CC=COC1C=C2c1ccccc1Br. The van der Waals surface area contributed by atoms with Crippen molar-refractivity contribution in [3.8, 4) is 11.5 Å². The molecule has 1 aliphatic heterocycles. The van der Waals surface area contributed by atoms with E-state index in [9.17, 15) is 0 Å². The molecule has 2 aromatic carbocycles. The Bertz CT molecular complexity index is 925. The maximum atomic E-state index is 5.85. The Labute approximate surface area is 155 Å². The number of fused-ring (bicyclic) bond motifs is 3. The Morgan fingerprint density at radius 2 is 1.68 bits per heavy atom. The Kier molecular flexibility index (Phi) is 4.14. The van der Waals surface area contributed by atoms with E-state index in [0.717, 1.165) is 32.3 Å². The van der Waals surface area contributed by atoms with Gasteiger partial charge in [-0.3, -0.25) is 0 Å². The van der Waals surface area contributed by atoms with E-state index in [-0.39, 0.29) is 6.10 Å². The van der Waals surface area contributed by atoms with Crippen LogP contribution in [0.4, 0.5) is 0 Å². The number of methoxy groups -OCH3 is 2. The van der Waals surface area contributed by atoms with Crippen LogP contribution < -0.4 is 9.47 Å². The molecule has 4 heteroatoms. The molecule has 1 unspecified atom stereocenters. The van der Waals surface area contributed by atoms with Crippen molar-refractivity contribution in [3.05, 3.63) is 82.1 Å². The molecule has 1 aliphatic carbocycles. The van der Waals surface area contributed by atoms with E-state index in [1.54, 1.807) is 20.5 Å². The number of rotatable bonds is 3. The minimum absolute atomic E-state index is 0.113. The third-order valence-corrected chi connectivity index (χ3v) is 5.18. The highest BCUT2D eigenvalue weighted by atomic mass is 79.9. The molecule has 0 amide bonds. The first-order chi connectivity index (χ1) is 12.2. The van der Waals surface area contributed by atoms with Crippen LogP contribution in [0.25, 0.3) is 11.1 Å². The Hall–Kier alpha value is -2.46. The van der Waals surface area contributed by atoms with Crippen LogP contribution in [0.3, 0.4) is 0 Å². The second-order valence-corrected chi connectivity index (χ2v) is 6.67. The number of hydrogen-bond acceptors (Lipinski definition) is 3. The molecule has 2 aromatic rings. The predicted octanol–water partition coefficient (Wildman–Crippen LogP) is 5.21. The molecule has 0 aromatic heterocycles. The number of ether oxygens (including phenoxy) is 3. The normalized spacial score (nSPS) is 17.6. The average Bonchev–Trinajstić information content (AvgIpc) is 2.66. The zero-order valence-corrected chi connectivity index (χ0v) is 15.5. The van der Waals surface area contributed by atoms with Gasteiger partial charge in [0.15, 0.2) is 11.5 Å². The van der Waals surface area contributed by atoms with Gasteiger partial charge in [0.05, 0.1) is 20.5 Å². The molecule has 3 nitrogen and oxygen atoms in total. The van der Waals surface area contributed by atoms with Crippen molar-refractivity contribution in [2.24, 2.45) is 0 Å². The first kappa shape index (κ1) is 16.0. The van der Waals surface area contributed by atoms with Crippen molar-refractivity contribution in [1.29, 1.82) is 0 Å². The van der Waals surface area contributed by atoms with E-state index in [1.165, 1.54) is 0 Å². The van der Waals surface area contributed by atoms with Gasteiger partial charge in [0.2, 0.25) is 0 Å². The molecule has 1 heterocycles. The summed E-state index contributed by atoms with van der Waals surface area (Å²) in [6, 6.07) is 12.3. The number of halogens is 1. The third-order valence-electron chi connectivity index (χ3n) is 4.49. The molecule has 1 atom stereocenters. The molecular formula is C21H17BrO3. The number of hydrogen-bond donors (Lipinski definition) is 0. The first-order valence-electron chi connectivity index (χ1n) is 7.98. The average molecular weight is 397 g/mol. The molecule has 126 valence electrons. The monoisotopic (exact) mass is 396 g/mol. The Balaban J connectivity index is 1.99. The van der Waals surface area contributed by atoms with Crippen molar-refractivity contribution < 1.29 is 14.2 Å². The highest BCUT2D eigenvalue weighted by molar-refractivity contribution is 9.10. The topological polar surface area (TPSA) is 27.7 Å². The highest BCUT2D eigenvalue weighted by Gasteiger charge is 2.29. The standard InChI is InChI=1S/C21H17BrO3/c1-23-20-11-16-14-7-5-9-25-19(14)10-15(17(16)12-21(20)24-2)13-6-3-4-8-18(13)22/h3-12,19H,1-2H3. The van der Waals surface area contributed by atoms with E-state index in [2.05, 4.69) is 34.1 Å². The molecule has 0 saturated heterocycles. The summed E-state index contributed by atoms with van der Waals surface area (Å²) in [5, 5.41) is 0. The summed E-state index contributed by atoms with van der Waals surface area (Å²) in [6.07, 6.45) is 7.78. The van der Waals surface area contributed by atoms with Gasteiger partial charge in [-0.1, -0.05) is 40.2 Å². The lowest BCUT2D eigenvalue weighted by Crippen LogP contribution is -2.18. The highest BCUT2D eigenvalue weighted by Crippen LogP contribution is 2.45. The smallest absolute Gasteiger partial charge is 0.161 e. The molecule has 0 bridgehead atoms. The molecule has 0 saturated carbocycles. The molecule has 4 rings (SSSR count). The maximum absolute atomic E-state index is 5.85. The fourth-order valence-corrected chi connectivity index (χ4v) is 3.81. The Morgan fingerprint density at radius 1 is 0.960 bits per heavy atom. The van der Waals surface area contributed by atoms with Crippen LogP contribution in [-0.4, -0.2) is 20.3 Å². The second kappa shape index (κ2) is 6.45. The van der Waals surface area contributed by atoms with Gasteiger partial charge < -0.3 is 14.2 Å². The quantitative estimate of drug-likeness (QED) is 0.712. The molecule has 25 heavy (non-hydrogen) atoms. The van der Waals surface area contributed by atoms with E-state index >= 15 is 0 Å². The summed E-state index contributed by atoms with van der Waals surface area (Å²) in [4.78, 5) is 0. The van der Waals surface area contributed by atoms with Gasteiger partial charge in [-0.15, -0.1) is 0 Å². The largest absolute Gasteiger partial charge is 0.493 e. The zero-order valence-electron chi connectivity index (χ0n) is 14.0. The summed E-state index contributed by atoms with van der Waals surface area (Å²) in [5.41, 5.74) is 5.55. The van der Waals surface area contributed by atoms with Crippen molar-refractivity contribution in [3.63, 3.8) is 0 Å². The molecule has 2 aliphatic rings. The second-order valence-electron chi connectivity index (χ2n) is 5.82. The van der Waals surface area contributed by atoms with Crippen molar-refractivity contribution in [2.75, 3.05) is 14.2 Å². The van der Waals surface area contributed by atoms with Gasteiger partial charge in [-0.2, -0.15) is 0 Å². The van der Waals surface area contributed by atoms with Crippen LogP contribution in [0.15, 0.2) is 65.4 Å². The first-order valence-corrected chi connectivity index (χ1v) is 8.78. The van der Waals surface area contributed by atoms with Crippen LogP contribution in [0.1, 0.15) is 16.7 Å². The maximum Gasteiger partial charge on any atom is 0.161 e. The minimum Gasteiger partial charge on any atom is -0.493 e. The molecule has 0 N–H and O–H groups in total. The predicted molar refractivity (Wildman–Crippen MR) is 103 cm³/mol. The van der Waals surface area contributed by atoms with Gasteiger partial charge >= 0.3 is 0 Å². The van der Waals surface area contributed by atoms with E-state index in [0.29, 0.717) is 11.5 Å². The lowest BCUT2D eigenvalue weighted by molar-refractivity contribution is 0.232. The lowest BCUT2D eigenvalue weighted by atomic mass is 9.81. The van der Waals surface area contributed by atoms with E-state index in [4.69, 9.17) is 14.2 Å². The molecule has 0 fully saturated rings. The molecular weight excluding hydrogens is 380 g/mol. The zero-order chi connectivity index (χ0) is 17.4. The molecule has 0 radical (unpaired) electrons. The fourth-order valence-electron chi connectivity index (χ4n) is 3.31. The van der Waals surface area contributed by atoms with Crippen molar-refractivity contribution in [2.45, 2.75) is 6.10 Å². The van der Waals surface area contributed by atoms with E-state index < -0.39 is 0 Å². The van der Waals surface area contributed by atoms with Crippen molar-refractivity contribution in [1.82, 2.24) is 0 Å². The number of allylic oxidation sites excluding steroid dienone is 2. The minimum atomic E-state index is -0.113. The van der Waals surface area contributed by atoms with Crippen LogP contribution in [0, 0.1) is 0 Å². The van der Waals surface area contributed by atoms with Gasteiger partial charge in [-0.25, -0.2) is 0 Å². The van der Waals surface area contributed by atoms with Crippen LogP contribution in [0.5, 0.6) is 11.5 Å². The Morgan fingerprint density at radius 3 is 2.40 bits per heavy atom. The summed E-state index contributed by atoms with van der Waals surface area (Å²) in [7, 11) is 3.31. The summed E-state index contributed by atoms with van der Waals surface area (Å²) >= 11 is 3.67. The third kappa shape index (κ3) is 2.67. The summed E-state index contributed by atoms with van der Waals surface area (Å²) < 4.78 is 17.9. The number of benzene rings is 2. The van der Waals surface area contributed by atoms with Crippen molar-refractivity contribution >= 4 is 27.1 Å². The van der Waals surface area contributed by atoms with Crippen LogP contribution in [0.2, 0.25) is 0 Å². The van der Waals surface area contributed by atoms with Crippen LogP contribution in [-0.2, 0) is 4.74 Å².